The minimum absolute atomic E-state index is 0.114. The summed E-state index contributed by atoms with van der Waals surface area (Å²) in [6.07, 6.45) is 6.53. The summed E-state index contributed by atoms with van der Waals surface area (Å²) in [6, 6.07) is 0. The first kappa shape index (κ1) is 13.2. The van der Waals surface area contributed by atoms with Gasteiger partial charge in [0.15, 0.2) is 0 Å². The summed E-state index contributed by atoms with van der Waals surface area (Å²) in [5.74, 6) is 5.34. The van der Waals surface area contributed by atoms with Crippen LogP contribution in [0.25, 0.3) is 0 Å². The van der Waals surface area contributed by atoms with Crippen molar-refractivity contribution in [2.75, 3.05) is 18.5 Å². The summed E-state index contributed by atoms with van der Waals surface area (Å²) in [6.45, 7) is 1.14. The van der Waals surface area contributed by atoms with Gasteiger partial charge in [-0.25, -0.2) is 24.2 Å². The first-order valence-corrected chi connectivity index (χ1v) is 7.37. The van der Waals surface area contributed by atoms with Gasteiger partial charge < -0.3 is 0 Å². The number of rotatable bonds is 3. The lowest BCUT2D eigenvalue weighted by Crippen LogP contribution is -2.32. The minimum atomic E-state index is -3.47. The van der Waals surface area contributed by atoms with Crippen molar-refractivity contribution in [3.63, 3.8) is 0 Å². The first-order valence-electron chi connectivity index (χ1n) is 5.93. The molecule has 7 nitrogen and oxygen atoms in total. The highest BCUT2D eigenvalue weighted by Crippen LogP contribution is 2.19. The van der Waals surface area contributed by atoms with Crippen molar-refractivity contribution >= 4 is 16.0 Å². The van der Waals surface area contributed by atoms with Crippen LogP contribution in [0.2, 0.25) is 0 Å². The molecule has 1 aromatic heterocycles. The van der Waals surface area contributed by atoms with Crippen molar-refractivity contribution in [1.82, 2.24) is 14.3 Å². The lowest BCUT2D eigenvalue weighted by molar-refractivity contribution is 0.423. The van der Waals surface area contributed by atoms with E-state index in [9.17, 15) is 8.42 Å². The third-order valence-corrected chi connectivity index (χ3v) is 4.81. The van der Waals surface area contributed by atoms with E-state index < -0.39 is 10.0 Å². The Hall–Kier alpha value is -1.25. The number of anilines is 1. The molecule has 100 valence electrons. The van der Waals surface area contributed by atoms with Gasteiger partial charge in [-0.2, -0.15) is 4.31 Å². The molecule has 0 aliphatic carbocycles. The zero-order valence-corrected chi connectivity index (χ0v) is 10.9. The van der Waals surface area contributed by atoms with Crippen molar-refractivity contribution in [1.29, 1.82) is 0 Å². The Kier molecular flexibility index (Phi) is 4.10. The number of nitrogens with two attached hydrogens (primary N) is 1. The summed E-state index contributed by atoms with van der Waals surface area (Å²) < 4.78 is 26.2. The molecule has 0 spiro atoms. The molecule has 18 heavy (non-hydrogen) atoms. The highest BCUT2D eigenvalue weighted by molar-refractivity contribution is 7.89. The van der Waals surface area contributed by atoms with Gasteiger partial charge in [0.1, 0.15) is 4.90 Å². The maximum atomic E-state index is 12.3. The predicted molar refractivity (Wildman–Crippen MR) is 67.1 cm³/mol. The van der Waals surface area contributed by atoms with E-state index in [1.807, 2.05) is 0 Å². The number of nitrogens with zero attached hydrogens (tertiary/aromatic N) is 3. The van der Waals surface area contributed by atoms with Gasteiger partial charge in [-0.05, 0) is 12.8 Å². The Labute approximate surface area is 106 Å². The van der Waals surface area contributed by atoms with Gasteiger partial charge in [-0.15, -0.1) is 0 Å². The number of nitrogen functional groups attached to an aromatic ring is 1. The Bertz CT molecular complexity index is 479. The molecule has 0 amide bonds. The van der Waals surface area contributed by atoms with Crippen LogP contribution < -0.4 is 11.3 Å². The number of sulfonamides is 1. The maximum absolute atomic E-state index is 12.3. The molecule has 0 saturated carbocycles. The van der Waals surface area contributed by atoms with Crippen LogP contribution >= 0.6 is 0 Å². The summed E-state index contributed by atoms with van der Waals surface area (Å²) in [5, 5.41) is 0. The van der Waals surface area contributed by atoms with E-state index in [4.69, 9.17) is 5.84 Å². The lowest BCUT2D eigenvalue weighted by atomic mass is 10.2. The van der Waals surface area contributed by atoms with E-state index in [2.05, 4.69) is 15.4 Å². The van der Waals surface area contributed by atoms with E-state index in [1.54, 1.807) is 0 Å². The van der Waals surface area contributed by atoms with Crippen molar-refractivity contribution in [2.24, 2.45) is 5.84 Å². The SMILES string of the molecule is NNc1ncc(S(=O)(=O)N2CCCCCC2)cn1. The van der Waals surface area contributed by atoms with Gasteiger partial charge >= 0.3 is 0 Å². The second-order valence-corrected chi connectivity index (χ2v) is 6.14. The molecule has 0 aromatic carbocycles. The van der Waals surface area contributed by atoms with Crippen LogP contribution in [-0.4, -0.2) is 35.8 Å². The minimum Gasteiger partial charge on any atom is -0.292 e. The molecule has 1 aliphatic heterocycles. The van der Waals surface area contributed by atoms with Gasteiger partial charge in [0.05, 0.1) is 12.4 Å². The lowest BCUT2D eigenvalue weighted by Gasteiger charge is -2.19. The number of nitrogens with one attached hydrogen (secondary N) is 1. The van der Waals surface area contributed by atoms with Gasteiger partial charge in [0, 0.05) is 13.1 Å². The quantitative estimate of drug-likeness (QED) is 0.606. The van der Waals surface area contributed by atoms with E-state index >= 15 is 0 Å². The second-order valence-electron chi connectivity index (χ2n) is 4.21. The normalized spacial score (nSPS) is 18.3. The molecule has 1 saturated heterocycles. The van der Waals surface area contributed by atoms with E-state index in [0.717, 1.165) is 25.7 Å². The summed E-state index contributed by atoms with van der Waals surface area (Å²) in [7, 11) is -3.47. The monoisotopic (exact) mass is 271 g/mol. The summed E-state index contributed by atoms with van der Waals surface area (Å²) >= 11 is 0. The summed E-state index contributed by atoms with van der Waals surface area (Å²) in [5.41, 5.74) is 2.26. The first-order chi connectivity index (χ1) is 8.64. The predicted octanol–water partition coefficient (Wildman–Crippen LogP) is 0.327. The molecule has 0 radical (unpaired) electrons. The number of hydrogen-bond acceptors (Lipinski definition) is 6. The van der Waals surface area contributed by atoms with Crippen molar-refractivity contribution in [3.8, 4) is 0 Å². The second kappa shape index (κ2) is 5.59. The van der Waals surface area contributed by atoms with Crippen molar-refractivity contribution < 1.29 is 8.42 Å². The van der Waals surface area contributed by atoms with Crippen LogP contribution in [0.5, 0.6) is 0 Å². The van der Waals surface area contributed by atoms with E-state index in [0.29, 0.717) is 13.1 Å². The molecule has 0 unspecified atom stereocenters. The third kappa shape index (κ3) is 2.77. The molecule has 1 aromatic rings. The van der Waals surface area contributed by atoms with Crippen LogP contribution in [0.4, 0.5) is 5.95 Å². The standard InChI is InChI=1S/C10H17N5O2S/c11-14-10-12-7-9(8-13-10)18(16,17)15-5-3-1-2-4-6-15/h7-8H,1-6,11H2,(H,12,13,14). The van der Waals surface area contributed by atoms with Crippen LogP contribution in [-0.2, 0) is 10.0 Å². The molecular weight excluding hydrogens is 254 g/mol. The highest BCUT2D eigenvalue weighted by Gasteiger charge is 2.25. The zero-order valence-electron chi connectivity index (χ0n) is 10.0. The van der Waals surface area contributed by atoms with Crippen LogP contribution in [0.1, 0.15) is 25.7 Å². The highest BCUT2D eigenvalue weighted by atomic mass is 32.2. The van der Waals surface area contributed by atoms with Crippen LogP contribution in [0.15, 0.2) is 17.3 Å². The molecule has 0 bridgehead atoms. The molecular formula is C10H17N5O2S. The number of hydrazine groups is 1. The van der Waals surface area contributed by atoms with Crippen molar-refractivity contribution in [3.05, 3.63) is 12.4 Å². The average Bonchev–Trinajstić information content (AvgIpc) is 2.68. The van der Waals surface area contributed by atoms with Crippen molar-refractivity contribution in [2.45, 2.75) is 30.6 Å². The Balaban J connectivity index is 2.22. The number of hydrogen-bond donors (Lipinski definition) is 2. The van der Waals surface area contributed by atoms with E-state index in [1.165, 1.54) is 16.7 Å². The fourth-order valence-electron chi connectivity index (χ4n) is 1.96. The average molecular weight is 271 g/mol. The molecule has 1 aliphatic rings. The van der Waals surface area contributed by atoms with Gasteiger partial charge in [0.25, 0.3) is 0 Å². The molecule has 2 rings (SSSR count). The molecule has 0 atom stereocenters. The largest absolute Gasteiger partial charge is 0.292 e. The Morgan fingerprint density at radius 3 is 2.17 bits per heavy atom. The zero-order chi connectivity index (χ0) is 13.0. The van der Waals surface area contributed by atoms with Gasteiger partial charge in [-0.3, -0.25) is 5.43 Å². The van der Waals surface area contributed by atoms with Crippen LogP contribution in [0, 0.1) is 0 Å². The maximum Gasteiger partial charge on any atom is 0.246 e. The smallest absolute Gasteiger partial charge is 0.246 e. The fourth-order valence-corrected chi connectivity index (χ4v) is 3.36. The molecule has 3 N–H and O–H groups in total. The Morgan fingerprint density at radius 1 is 1.11 bits per heavy atom. The van der Waals surface area contributed by atoms with E-state index in [-0.39, 0.29) is 10.8 Å². The number of aromatic nitrogens is 2. The topological polar surface area (TPSA) is 101 Å². The molecule has 2 heterocycles. The fraction of sp³-hybridized carbons (Fsp3) is 0.600. The Morgan fingerprint density at radius 2 is 1.67 bits per heavy atom. The van der Waals surface area contributed by atoms with Gasteiger partial charge in [-0.1, -0.05) is 12.8 Å². The molecule has 1 fully saturated rings. The summed E-state index contributed by atoms with van der Waals surface area (Å²) in [4.78, 5) is 7.77. The van der Waals surface area contributed by atoms with Gasteiger partial charge in [0.2, 0.25) is 16.0 Å². The van der Waals surface area contributed by atoms with Crippen LogP contribution in [0.3, 0.4) is 0 Å². The third-order valence-electron chi connectivity index (χ3n) is 2.96. The molecule has 8 heteroatoms.